The van der Waals surface area contributed by atoms with E-state index >= 15 is 0 Å². The Labute approximate surface area is 385 Å². The smallest absolute Gasteiger partial charge is 0.255 e. The fraction of sp³-hybridized carbons (Fsp3) is 0.417. The highest BCUT2D eigenvalue weighted by Crippen LogP contribution is 2.40. The molecule has 0 fully saturated rings. The van der Waals surface area contributed by atoms with Crippen LogP contribution in [0.3, 0.4) is 0 Å². The zero-order valence-corrected chi connectivity index (χ0v) is 38.7. The number of hydrogen-bond donors (Lipinski definition) is 8. The van der Waals surface area contributed by atoms with Gasteiger partial charge in [-0.3, -0.25) is 24.0 Å². The molecule has 4 bridgehead atoms. The van der Waals surface area contributed by atoms with Gasteiger partial charge >= 0.3 is 0 Å². The Morgan fingerprint density at radius 2 is 1.55 bits per heavy atom. The summed E-state index contributed by atoms with van der Waals surface area (Å²) in [6, 6.07) is 13.2. The zero-order chi connectivity index (χ0) is 48.3. The van der Waals surface area contributed by atoms with Gasteiger partial charge in [0.15, 0.2) is 5.82 Å². The summed E-state index contributed by atoms with van der Waals surface area (Å²) < 4.78 is 12.2. The van der Waals surface area contributed by atoms with Crippen molar-refractivity contribution in [2.45, 2.75) is 84.0 Å². The Morgan fingerprint density at radius 1 is 0.909 bits per heavy atom. The second-order valence-corrected chi connectivity index (χ2v) is 17.3. The molecule has 4 atom stereocenters. The van der Waals surface area contributed by atoms with Crippen LogP contribution in [0.1, 0.15) is 79.8 Å². The van der Waals surface area contributed by atoms with E-state index in [9.17, 15) is 24.0 Å². The molecule has 0 saturated heterocycles. The topological polar surface area (TPSA) is 283 Å². The summed E-state index contributed by atoms with van der Waals surface area (Å²) >= 11 is 0. The van der Waals surface area contributed by atoms with Crippen LogP contribution in [-0.2, 0) is 31.0 Å². The lowest BCUT2D eigenvalue weighted by Gasteiger charge is -2.32. The molecule has 1 aliphatic heterocycles. The van der Waals surface area contributed by atoms with Gasteiger partial charge in [-0.2, -0.15) is 0 Å². The molecule has 1 aliphatic rings. The molecule has 1 aromatic heterocycles. The van der Waals surface area contributed by atoms with Crippen LogP contribution in [0.4, 0.5) is 0 Å². The predicted molar refractivity (Wildman–Crippen MR) is 252 cm³/mol. The molecule has 4 unspecified atom stereocenters. The van der Waals surface area contributed by atoms with E-state index in [1.165, 1.54) is 25.1 Å². The zero-order valence-electron chi connectivity index (χ0n) is 38.7. The number of amides is 5. The lowest BCUT2D eigenvalue weighted by molar-refractivity contribution is -0.141. The Bertz CT molecular complexity index is 2420. The lowest BCUT2D eigenvalue weighted by atomic mass is 9.87. The van der Waals surface area contributed by atoms with E-state index in [4.69, 9.17) is 32.1 Å². The van der Waals surface area contributed by atoms with Gasteiger partial charge in [-0.15, -0.1) is 0 Å². The van der Waals surface area contributed by atoms with Gasteiger partial charge in [-0.05, 0) is 80.1 Å². The van der Waals surface area contributed by atoms with Crippen molar-refractivity contribution < 1.29 is 33.4 Å². The van der Waals surface area contributed by atoms with Crippen LogP contribution in [0, 0.1) is 12.3 Å². The average molecular weight is 906 g/mol. The number of carbonyl (C=O) groups is 5. The first-order valence-corrected chi connectivity index (χ1v) is 21.9. The summed E-state index contributed by atoms with van der Waals surface area (Å²) in [6.07, 6.45) is 1.45. The number of benzene rings is 3. The number of nitrogens with zero attached hydrogens (tertiary/aromatic N) is 3. The van der Waals surface area contributed by atoms with Crippen LogP contribution in [0.15, 0.2) is 66.9 Å². The highest BCUT2D eigenvalue weighted by Gasteiger charge is 2.36. The van der Waals surface area contributed by atoms with Crippen molar-refractivity contribution in [2.24, 2.45) is 17.2 Å². The van der Waals surface area contributed by atoms with E-state index in [1.807, 2.05) is 24.3 Å². The van der Waals surface area contributed by atoms with Gasteiger partial charge in [0, 0.05) is 55.2 Å². The van der Waals surface area contributed by atoms with Crippen molar-refractivity contribution in [3.8, 4) is 34.0 Å². The van der Waals surface area contributed by atoms with Crippen molar-refractivity contribution in [2.75, 3.05) is 46.4 Å². The highest BCUT2D eigenvalue weighted by atomic mass is 16.5. The number of aryl methyl sites for hydroxylation is 1. The highest BCUT2D eigenvalue weighted by molar-refractivity contribution is 6.00. The number of rotatable bonds is 16. The van der Waals surface area contributed by atoms with E-state index in [2.05, 4.69) is 52.0 Å². The van der Waals surface area contributed by atoms with E-state index < -0.39 is 53.7 Å². The number of fused-ring (bicyclic) bond motifs is 5. The maximum absolute atomic E-state index is 14.7. The van der Waals surface area contributed by atoms with Crippen molar-refractivity contribution in [1.29, 1.82) is 5.41 Å². The number of likely N-dealkylation sites (N-methyl/N-ethyl adjacent to an activating group) is 1. The third kappa shape index (κ3) is 12.5. The van der Waals surface area contributed by atoms with Crippen LogP contribution in [0.5, 0.6) is 11.5 Å². The number of hydrogen-bond acceptors (Lipinski definition) is 13. The van der Waals surface area contributed by atoms with Crippen LogP contribution in [-0.4, -0.2) is 115 Å². The van der Waals surface area contributed by atoms with Crippen LogP contribution in [0.25, 0.3) is 22.5 Å². The minimum absolute atomic E-state index is 0.00492. The largest absolute Gasteiger partial charge is 0.492 e. The SMILES string of the molecule is CC(=N)CNC(=O)C1Cc2ccc(OCCN)c(c2)-c2cc(ccc2OCCN)C(N(C)C(=O)C(CCN)NC(=O)c2cnc(-c3ccc(C(C)(C)C)cc3)nc2C)C(=O)NC(C)C(=O)N1. The number of ether oxygens (including phenoxy) is 2. The summed E-state index contributed by atoms with van der Waals surface area (Å²) in [4.78, 5) is 80.8. The molecule has 5 rings (SSSR count). The van der Waals surface area contributed by atoms with E-state index in [0.29, 0.717) is 45.3 Å². The first-order chi connectivity index (χ1) is 31.4. The lowest BCUT2D eigenvalue weighted by Crippen LogP contribution is -2.56. The molecule has 5 amide bonds. The Morgan fingerprint density at radius 3 is 2.14 bits per heavy atom. The molecule has 2 heterocycles. The van der Waals surface area contributed by atoms with Gasteiger partial charge in [0.1, 0.15) is 48.9 Å². The average Bonchev–Trinajstić information content (AvgIpc) is 3.28. The van der Waals surface area contributed by atoms with Crippen molar-refractivity contribution >= 4 is 35.2 Å². The molecule has 3 aromatic carbocycles. The summed E-state index contributed by atoms with van der Waals surface area (Å²) in [5, 5.41) is 18.8. The number of nitrogens with one attached hydrogen (secondary N) is 5. The molecule has 11 N–H and O–H groups in total. The van der Waals surface area contributed by atoms with E-state index in [-0.39, 0.29) is 68.9 Å². The van der Waals surface area contributed by atoms with Crippen LogP contribution >= 0.6 is 0 Å². The molecule has 352 valence electrons. The van der Waals surface area contributed by atoms with E-state index in [0.717, 1.165) is 11.1 Å². The molecule has 18 heteroatoms. The molecule has 0 radical (unpaired) electrons. The number of carbonyl (C=O) groups excluding carboxylic acids is 5. The molecular weight excluding hydrogens is 843 g/mol. The normalized spacial score (nSPS) is 16.7. The molecular formula is C48H63N11O7. The minimum Gasteiger partial charge on any atom is -0.492 e. The fourth-order valence-corrected chi connectivity index (χ4v) is 7.41. The van der Waals surface area contributed by atoms with Crippen molar-refractivity contribution in [3.05, 3.63) is 94.8 Å². The molecule has 18 nitrogen and oxygen atoms in total. The second-order valence-electron chi connectivity index (χ2n) is 17.3. The molecule has 66 heavy (non-hydrogen) atoms. The van der Waals surface area contributed by atoms with E-state index in [1.54, 1.807) is 50.2 Å². The third-order valence-electron chi connectivity index (χ3n) is 11.0. The summed E-state index contributed by atoms with van der Waals surface area (Å²) in [5.74, 6) is -2.01. The second kappa shape index (κ2) is 22.4. The summed E-state index contributed by atoms with van der Waals surface area (Å²) in [5.41, 5.74) is 22.3. The Kier molecular flexibility index (Phi) is 17.1. The van der Waals surface area contributed by atoms with Crippen molar-refractivity contribution in [3.63, 3.8) is 0 Å². The quantitative estimate of drug-likeness (QED) is 0.0753. The molecule has 4 aromatic rings. The van der Waals surface area contributed by atoms with Gasteiger partial charge in [0.05, 0.1) is 17.8 Å². The van der Waals surface area contributed by atoms with Crippen LogP contribution in [0.2, 0.25) is 0 Å². The Balaban J connectivity index is 1.55. The maximum Gasteiger partial charge on any atom is 0.255 e. The third-order valence-corrected chi connectivity index (χ3v) is 11.0. The first kappa shape index (κ1) is 50.2. The fourth-order valence-electron chi connectivity index (χ4n) is 7.41. The molecule has 0 spiro atoms. The van der Waals surface area contributed by atoms with Gasteiger partial charge in [-0.1, -0.05) is 57.2 Å². The molecule has 0 saturated carbocycles. The standard InChI is InChI=1S/C48H63N11O7/c1-27(52)25-54-45(62)38-23-30-8-14-39(65-20-18-50)34(22-30)35-24-32(11-15-40(35)66-21-19-51)41(46(63)56-29(3)43(60)58-38)59(7)47(64)37(16-17-49)57-44(61)36-26-53-42(55-28(36)2)31-9-12-33(13-10-31)48(4,5)6/h8-15,22,24,26,29,37-38,41,52H,16-21,23,25,49-51H2,1-7H3,(H,54,62)(H,56,63)(H,57,61)(H,58,60). The van der Waals surface area contributed by atoms with Crippen LogP contribution < -0.4 is 47.9 Å². The van der Waals surface area contributed by atoms with Gasteiger partial charge in [-0.25, -0.2) is 9.97 Å². The first-order valence-electron chi connectivity index (χ1n) is 21.9. The minimum atomic E-state index is -1.39. The van der Waals surface area contributed by atoms with Gasteiger partial charge in [0.2, 0.25) is 23.6 Å². The monoisotopic (exact) mass is 905 g/mol. The number of aromatic nitrogens is 2. The summed E-state index contributed by atoms with van der Waals surface area (Å²) in [6.45, 7) is 11.7. The summed E-state index contributed by atoms with van der Waals surface area (Å²) in [7, 11) is 1.42. The van der Waals surface area contributed by atoms with Crippen molar-refractivity contribution in [1.82, 2.24) is 36.1 Å². The predicted octanol–water partition coefficient (Wildman–Crippen LogP) is 2.44. The van der Waals surface area contributed by atoms with Gasteiger partial charge in [0.25, 0.3) is 5.91 Å². The number of nitrogens with two attached hydrogens (primary N) is 3. The Hall–Kier alpha value is -6.76. The maximum atomic E-state index is 14.7. The molecule has 0 aliphatic carbocycles. The van der Waals surface area contributed by atoms with Gasteiger partial charge < -0.3 is 58.3 Å².